The Morgan fingerprint density at radius 1 is 1.00 bits per heavy atom. The largest absolute Gasteiger partial charge is 0.271 e. The Morgan fingerprint density at radius 2 is 1.72 bits per heavy atom. The second-order valence-corrected chi connectivity index (χ2v) is 8.16. The van der Waals surface area contributed by atoms with Crippen molar-refractivity contribution in [1.82, 2.24) is 10.4 Å². The van der Waals surface area contributed by atoms with Gasteiger partial charge in [-0.15, -0.1) is 11.8 Å². The number of nitrogens with zero attached hydrogens (tertiary/aromatic N) is 3. The van der Waals surface area contributed by atoms with Gasteiger partial charge in [0.1, 0.15) is 0 Å². The molecule has 5 nitrogen and oxygen atoms in total. The van der Waals surface area contributed by atoms with Crippen LogP contribution < -0.4 is 5.43 Å². The summed E-state index contributed by atoms with van der Waals surface area (Å²) < 4.78 is 0. The van der Waals surface area contributed by atoms with Crippen molar-refractivity contribution < 1.29 is 4.79 Å². The van der Waals surface area contributed by atoms with Crippen LogP contribution in [0.3, 0.4) is 0 Å². The highest BCUT2D eigenvalue weighted by Gasteiger charge is 2.07. The quantitative estimate of drug-likeness (QED) is 0.244. The van der Waals surface area contributed by atoms with Crippen molar-refractivity contribution >= 4 is 34.3 Å². The van der Waals surface area contributed by atoms with Gasteiger partial charge in [-0.3, -0.25) is 9.78 Å². The van der Waals surface area contributed by atoms with Gasteiger partial charge in [-0.2, -0.15) is 10.4 Å². The summed E-state index contributed by atoms with van der Waals surface area (Å²) >= 11 is 1.73. The molecular formula is C26H20N4OS. The molecule has 0 bridgehead atoms. The van der Waals surface area contributed by atoms with E-state index in [2.05, 4.69) is 39.8 Å². The summed E-state index contributed by atoms with van der Waals surface area (Å²) in [4.78, 5) is 18.1. The number of nitriles is 1. The number of rotatable bonds is 6. The minimum absolute atomic E-state index is 0.268. The zero-order valence-electron chi connectivity index (χ0n) is 17.4. The molecular weight excluding hydrogens is 416 g/mol. The van der Waals surface area contributed by atoms with Gasteiger partial charge in [0.05, 0.1) is 22.9 Å². The zero-order valence-corrected chi connectivity index (χ0v) is 18.3. The number of benzene rings is 3. The first-order chi connectivity index (χ1) is 15.6. The monoisotopic (exact) mass is 436 g/mol. The number of hydrazone groups is 1. The smallest absolute Gasteiger partial charge is 0.267 e. The van der Waals surface area contributed by atoms with Gasteiger partial charge in [0.2, 0.25) is 0 Å². The molecule has 0 saturated heterocycles. The number of pyridine rings is 1. The third-order valence-corrected chi connectivity index (χ3v) is 6.08. The molecule has 4 rings (SSSR count). The molecule has 0 aliphatic carbocycles. The molecule has 4 aromatic rings. The molecule has 0 spiro atoms. The third-order valence-electron chi connectivity index (χ3n) is 4.96. The van der Waals surface area contributed by atoms with Gasteiger partial charge in [0.25, 0.3) is 5.91 Å². The molecule has 1 heterocycles. The van der Waals surface area contributed by atoms with E-state index in [0.717, 1.165) is 32.7 Å². The van der Waals surface area contributed by atoms with Crippen LogP contribution in [0.5, 0.6) is 0 Å². The average molecular weight is 437 g/mol. The lowest BCUT2D eigenvalue weighted by molar-refractivity contribution is 0.0955. The first-order valence-corrected chi connectivity index (χ1v) is 11.0. The van der Waals surface area contributed by atoms with Crippen molar-refractivity contribution in [2.24, 2.45) is 5.10 Å². The van der Waals surface area contributed by atoms with Crippen molar-refractivity contribution in [2.75, 3.05) is 0 Å². The molecule has 6 heteroatoms. The fraction of sp³-hybridized carbons (Fsp3) is 0.0769. The molecule has 1 aromatic heterocycles. The van der Waals surface area contributed by atoms with E-state index < -0.39 is 0 Å². The van der Waals surface area contributed by atoms with Gasteiger partial charge in [0, 0.05) is 27.8 Å². The van der Waals surface area contributed by atoms with Crippen LogP contribution in [0.4, 0.5) is 0 Å². The molecule has 0 fully saturated rings. The molecule has 156 valence electrons. The van der Waals surface area contributed by atoms with E-state index in [9.17, 15) is 4.79 Å². The predicted octanol–water partition coefficient (Wildman–Crippen LogP) is 5.55. The van der Waals surface area contributed by atoms with Gasteiger partial charge >= 0.3 is 0 Å². The fourth-order valence-electron chi connectivity index (χ4n) is 3.16. The summed E-state index contributed by atoms with van der Waals surface area (Å²) in [7, 11) is 0. The van der Waals surface area contributed by atoms with Crippen LogP contribution >= 0.6 is 11.8 Å². The summed E-state index contributed by atoms with van der Waals surface area (Å²) in [6.45, 7) is 1.81. The second-order valence-electron chi connectivity index (χ2n) is 7.14. The first kappa shape index (κ1) is 21.3. The third kappa shape index (κ3) is 5.02. The predicted molar refractivity (Wildman–Crippen MR) is 129 cm³/mol. The summed E-state index contributed by atoms with van der Waals surface area (Å²) in [5.74, 6) is 0.517. The number of hydrogen-bond acceptors (Lipinski definition) is 5. The Bertz CT molecular complexity index is 1320. The minimum Gasteiger partial charge on any atom is -0.267 e. The van der Waals surface area contributed by atoms with Crippen molar-refractivity contribution in [1.29, 1.82) is 5.26 Å². The van der Waals surface area contributed by atoms with Crippen molar-refractivity contribution in [2.45, 2.75) is 17.6 Å². The maximum atomic E-state index is 12.4. The first-order valence-electron chi connectivity index (χ1n) is 10.0. The van der Waals surface area contributed by atoms with E-state index in [1.165, 1.54) is 0 Å². The molecule has 0 radical (unpaired) electrons. The molecule has 0 atom stereocenters. The van der Waals surface area contributed by atoms with Crippen molar-refractivity contribution in [3.05, 3.63) is 107 Å². The fourth-order valence-corrected chi connectivity index (χ4v) is 4.15. The van der Waals surface area contributed by atoms with E-state index in [-0.39, 0.29) is 5.91 Å². The van der Waals surface area contributed by atoms with Crippen molar-refractivity contribution in [3.8, 4) is 6.07 Å². The van der Waals surface area contributed by atoms with Crippen LogP contribution in [0.15, 0.2) is 95.1 Å². The Balaban J connectivity index is 1.37. The van der Waals surface area contributed by atoms with Gasteiger partial charge in [-0.25, -0.2) is 5.43 Å². The lowest BCUT2D eigenvalue weighted by Crippen LogP contribution is -2.19. The molecule has 0 unspecified atom stereocenters. The molecule has 0 aliphatic rings. The summed E-state index contributed by atoms with van der Waals surface area (Å²) in [5, 5.41) is 14.2. The maximum Gasteiger partial charge on any atom is 0.271 e. The van der Waals surface area contributed by atoms with Gasteiger partial charge < -0.3 is 0 Å². The Labute approximate surface area is 190 Å². The molecule has 3 aromatic carbocycles. The van der Waals surface area contributed by atoms with E-state index >= 15 is 0 Å². The zero-order chi connectivity index (χ0) is 22.3. The molecule has 32 heavy (non-hydrogen) atoms. The van der Waals surface area contributed by atoms with E-state index in [4.69, 9.17) is 5.26 Å². The summed E-state index contributed by atoms with van der Waals surface area (Å²) in [5.41, 5.74) is 7.36. The molecule has 1 amide bonds. The molecule has 1 N–H and O–H groups in total. The number of carbonyl (C=O) groups excluding carboxylic acids is 1. The number of fused-ring (bicyclic) bond motifs is 1. The Kier molecular flexibility index (Phi) is 6.59. The van der Waals surface area contributed by atoms with Crippen LogP contribution in [0, 0.1) is 11.3 Å². The van der Waals surface area contributed by atoms with Crippen LogP contribution in [0.25, 0.3) is 10.9 Å². The lowest BCUT2D eigenvalue weighted by Gasteiger charge is -2.07. The number of para-hydroxylation sites is 1. The second kappa shape index (κ2) is 9.90. The molecule has 0 aliphatic heterocycles. The minimum atomic E-state index is -0.268. The van der Waals surface area contributed by atoms with Gasteiger partial charge in [-0.1, -0.05) is 42.5 Å². The number of thioether (sulfide) groups is 1. The highest BCUT2D eigenvalue weighted by atomic mass is 32.2. The van der Waals surface area contributed by atoms with E-state index in [1.54, 1.807) is 36.0 Å². The standard InChI is InChI=1S/C26H20N4OS/c1-18(21-11-7-19(16-27)8-12-21)29-30-26(31)23-13-9-20(10-14-23)17-32-24-6-2-4-22-5-3-15-28-25(22)24/h2-15H,17H2,1H3,(H,30,31). The van der Waals surface area contributed by atoms with E-state index in [0.29, 0.717) is 16.8 Å². The van der Waals surface area contributed by atoms with E-state index in [1.807, 2.05) is 49.5 Å². The normalized spacial score (nSPS) is 11.2. The Morgan fingerprint density at radius 3 is 2.47 bits per heavy atom. The number of aromatic nitrogens is 1. The lowest BCUT2D eigenvalue weighted by atomic mass is 10.1. The van der Waals surface area contributed by atoms with Crippen LogP contribution in [0.1, 0.15) is 34.0 Å². The maximum absolute atomic E-state index is 12.4. The van der Waals surface area contributed by atoms with Gasteiger partial charge in [0.15, 0.2) is 0 Å². The van der Waals surface area contributed by atoms with Crippen LogP contribution in [-0.4, -0.2) is 16.6 Å². The molecule has 0 saturated carbocycles. The number of nitrogens with one attached hydrogen (secondary N) is 1. The number of amides is 1. The van der Waals surface area contributed by atoms with Crippen LogP contribution in [0.2, 0.25) is 0 Å². The average Bonchev–Trinajstić information content (AvgIpc) is 2.86. The van der Waals surface area contributed by atoms with Crippen molar-refractivity contribution in [3.63, 3.8) is 0 Å². The number of carbonyl (C=O) groups is 1. The summed E-state index contributed by atoms with van der Waals surface area (Å²) in [6.07, 6.45) is 1.81. The summed E-state index contributed by atoms with van der Waals surface area (Å²) in [6, 6.07) is 26.8. The number of hydrogen-bond donors (Lipinski definition) is 1. The SMILES string of the molecule is CC(=NNC(=O)c1ccc(CSc2cccc3cccnc23)cc1)c1ccc(C#N)cc1. The topological polar surface area (TPSA) is 78.1 Å². The highest BCUT2D eigenvalue weighted by molar-refractivity contribution is 7.98. The van der Waals surface area contributed by atoms with Crippen LogP contribution in [-0.2, 0) is 5.75 Å². The highest BCUT2D eigenvalue weighted by Crippen LogP contribution is 2.28. The van der Waals surface area contributed by atoms with Gasteiger partial charge in [-0.05, 0) is 54.4 Å². The Hall–Kier alpha value is -3.95.